The summed E-state index contributed by atoms with van der Waals surface area (Å²) in [4.78, 5) is 0. The van der Waals surface area contributed by atoms with Gasteiger partial charge in [-0.3, -0.25) is 0 Å². The molecule has 19 heavy (non-hydrogen) atoms. The third kappa shape index (κ3) is 2.03. The zero-order valence-corrected chi connectivity index (χ0v) is 10.9. The first kappa shape index (κ1) is 12.0. The van der Waals surface area contributed by atoms with Gasteiger partial charge in [-0.25, -0.2) is 4.68 Å². The van der Waals surface area contributed by atoms with Crippen molar-refractivity contribution in [2.24, 2.45) is 0 Å². The highest BCUT2D eigenvalue weighted by atomic mass is 16.5. The Bertz CT molecular complexity index is 576. The Balaban J connectivity index is 2.06. The minimum Gasteiger partial charge on any atom is -0.491 e. The number of ether oxygens (including phenoxy) is 1. The van der Waals surface area contributed by atoms with Crippen molar-refractivity contribution in [2.45, 2.75) is 32.2 Å². The maximum atomic E-state index is 5.98. The first-order valence-electron chi connectivity index (χ1n) is 6.60. The van der Waals surface area contributed by atoms with Gasteiger partial charge in [0.2, 0.25) is 0 Å². The predicted octanol–water partition coefficient (Wildman–Crippen LogP) is 2.05. The largest absolute Gasteiger partial charge is 0.491 e. The molecule has 0 radical (unpaired) electrons. The Labute approximate surface area is 111 Å². The molecular weight excluding hydrogens is 242 g/mol. The van der Waals surface area contributed by atoms with Gasteiger partial charge < -0.3 is 10.5 Å². The number of hydrogen-bond donors (Lipinski definition) is 1. The van der Waals surface area contributed by atoms with E-state index in [-0.39, 0.29) is 0 Å². The molecule has 2 aromatic rings. The molecular formula is C13H17N5O. The van der Waals surface area contributed by atoms with Crippen LogP contribution in [-0.4, -0.2) is 26.8 Å². The van der Waals surface area contributed by atoms with Gasteiger partial charge in [0.25, 0.3) is 0 Å². The van der Waals surface area contributed by atoms with E-state index in [0.29, 0.717) is 24.1 Å². The standard InChI is InChI=1S/C13H17N5O/c1-2-19-12-10(7-4-8-11(12)14)13-15-16-17-18(13)9-5-3-6-9/h4,7-9H,2-3,5-6,14H2,1H3. The van der Waals surface area contributed by atoms with Crippen molar-refractivity contribution in [1.29, 1.82) is 0 Å². The fourth-order valence-corrected chi connectivity index (χ4v) is 2.28. The third-order valence-corrected chi connectivity index (χ3v) is 3.49. The normalized spacial score (nSPS) is 15.2. The molecule has 1 heterocycles. The van der Waals surface area contributed by atoms with E-state index >= 15 is 0 Å². The molecule has 0 unspecified atom stereocenters. The summed E-state index contributed by atoms with van der Waals surface area (Å²) >= 11 is 0. The number of para-hydroxylation sites is 1. The van der Waals surface area contributed by atoms with Crippen molar-refractivity contribution < 1.29 is 4.74 Å². The van der Waals surface area contributed by atoms with Crippen LogP contribution >= 0.6 is 0 Å². The molecule has 0 atom stereocenters. The van der Waals surface area contributed by atoms with Crippen LogP contribution in [0.1, 0.15) is 32.2 Å². The Kier molecular flexibility index (Phi) is 3.06. The fraction of sp³-hybridized carbons (Fsp3) is 0.462. The van der Waals surface area contributed by atoms with Crippen LogP contribution in [0.4, 0.5) is 5.69 Å². The van der Waals surface area contributed by atoms with Gasteiger partial charge in [0.1, 0.15) is 0 Å². The van der Waals surface area contributed by atoms with E-state index in [1.54, 1.807) is 0 Å². The summed E-state index contributed by atoms with van der Waals surface area (Å²) in [5.41, 5.74) is 7.46. The summed E-state index contributed by atoms with van der Waals surface area (Å²) in [6.07, 6.45) is 3.49. The Morgan fingerprint density at radius 3 is 2.95 bits per heavy atom. The van der Waals surface area contributed by atoms with Gasteiger partial charge in [-0.2, -0.15) is 0 Å². The number of rotatable bonds is 4. The molecule has 1 aromatic carbocycles. The molecule has 6 heteroatoms. The number of nitrogen functional groups attached to an aromatic ring is 1. The van der Waals surface area contributed by atoms with Crippen LogP contribution in [0.25, 0.3) is 11.4 Å². The van der Waals surface area contributed by atoms with Crippen molar-refractivity contribution in [3.63, 3.8) is 0 Å². The average molecular weight is 259 g/mol. The maximum Gasteiger partial charge on any atom is 0.186 e. The number of nitrogens with zero attached hydrogens (tertiary/aromatic N) is 4. The second kappa shape index (κ2) is 4.87. The molecule has 0 aliphatic heterocycles. The van der Waals surface area contributed by atoms with Gasteiger partial charge in [0.05, 0.1) is 23.9 Å². The molecule has 0 amide bonds. The van der Waals surface area contributed by atoms with E-state index in [4.69, 9.17) is 10.5 Å². The number of aromatic nitrogens is 4. The molecule has 1 aliphatic rings. The van der Waals surface area contributed by atoms with Crippen LogP contribution < -0.4 is 10.5 Å². The summed E-state index contributed by atoms with van der Waals surface area (Å²) in [6, 6.07) is 6.07. The summed E-state index contributed by atoms with van der Waals surface area (Å²) in [6.45, 7) is 2.50. The average Bonchev–Trinajstić information content (AvgIpc) is 2.79. The molecule has 6 nitrogen and oxygen atoms in total. The number of tetrazole rings is 1. The van der Waals surface area contributed by atoms with E-state index in [9.17, 15) is 0 Å². The summed E-state index contributed by atoms with van der Waals surface area (Å²) in [5, 5.41) is 12.0. The van der Waals surface area contributed by atoms with Crippen LogP contribution in [-0.2, 0) is 0 Å². The van der Waals surface area contributed by atoms with Crippen LogP contribution in [0.5, 0.6) is 5.75 Å². The monoisotopic (exact) mass is 259 g/mol. The van der Waals surface area contributed by atoms with Gasteiger partial charge in [-0.15, -0.1) is 5.10 Å². The topological polar surface area (TPSA) is 78.8 Å². The molecule has 1 saturated carbocycles. The number of benzene rings is 1. The van der Waals surface area contributed by atoms with Crippen molar-refractivity contribution in [1.82, 2.24) is 20.2 Å². The molecule has 3 rings (SSSR count). The fourth-order valence-electron chi connectivity index (χ4n) is 2.28. The smallest absolute Gasteiger partial charge is 0.186 e. The van der Waals surface area contributed by atoms with Gasteiger partial charge in [-0.05, 0) is 48.7 Å². The van der Waals surface area contributed by atoms with E-state index < -0.39 is 0 Å². The van der Waals surface area contributed by atoms with E-state index in [1.807, 2.05) is 29.8 Å². The lowest BCUT2D eigenvalue weighted by molar-refractivity contribution is 0.286. The first-order valence-corrected chi connectivity index (χ1v) is 6.60. The molecule has 1 aliphatic carbocycles. The maximum absolute atomic E-state index is 5.98. The van der Waals surface area contributed by atoms with Gasteiger partial charge >= 0.3 is 0 Å². The highest BCUT2D eigenvalue weighted by Crippen LogP contribution is 2.38. The van der Waals surface area contributed by atoms with Gasteiger partial charge in [-0.1, -0.05) is 6.07 Å². The molecule has 2 N–H and O–H groups in total. The summed E-state index contributed by atoms with van der Waals surface area (Å²) < 4.78 is 7.53. The minimum absolute atomic E-state index is 0.404. The second-order valence-electron chi connectivity index (χ2n) is 4.69. The quantitative estimate of drug-likeness (QED) is 0.850. The highest BCUT2D eigenvalue weighted by Gasteiger charge is 2.26. The van der Waals surface area contributed by atoms with Crippen molar-refractivity contribution in [3.8, 4) is 17.1 Å². The van der Waals surface area contributed by atoms with Crippen LogP contribution in [0.3, 0.4) is 0 Å². The third-order valence-electron chi connectivity index (χ3n) is 3.49. The lowest BCUT2D eigenvalue weighted by atomic mass is 9.93. The first-order chi connectivity index (χ1) is 9.31. The minimum atomic E-state index is 0.404. The van der Waals surface area contributed by atoms with Gasteiger partial charge in [0.15, 0.2) is 11.6 Å². The number of hydrogen-bond acceptors (Lipinski definition) is 5. The Morgan fingerprint density at radius 1 is 1.42 bits per heavy atom. The Morgan fingerprint density at radius 2 is 2.26 bits per heavy atom. The second-order valence-corrected chi connectivity index (χ2v) is 4.69. The molecule has 1 fully saturated rings. The van der Waals surface area contributed by atoms with Crippen molar-refractivity contribution in [2.75, 3.05) is 12.3 Å². The van der Waals surface area contributed by atoms with Crippen LogP contribution in [0.15, 0.2) is 18.2 Å². The van der Waals surface area contributed by atoms with Crippen molar-refractivity contribution in [3.05, 3.63) is 18.2 Å². The molecule has 100 valence electrons. The molecule has 0 spiro atoms. The summed E-state index contributed by atoms with van der Waals surface area (Å²) in [5.74, 6) is 1.40. The SMILES string of the molecule is CCOc1c(N)cccc1-c1nnnn1C1CCC1. The summed E-state index contributed by atoms with van der Waals surface area (Å²) in [7, 11) is 0. The molecule has 1 aromatic heterocycles. The van der Waals surface area contributed by atoms with E-state index in [1.165, 1.54) is 6.42 Å². The highest BCUT2D eigenvalue weighted by molar-refractivity contribution is 5.73. The predicted molar refractivity (Wildman–Crippen MR) is 71.7 cm³/mol. The zero-order chi connectivity index (χ0) is 13.2. The van der Waals surface area contributed by atoms with Crippen LogP contribution in [0, 0.1) is 0 Å². The number of nitrogens with two attached hydrogens (primary N) is 1. The number of anilines is 1. The molecule has 0 bridgehead atoms. The lowest BCUT2D eigenvalue weighted by Crippen LogP contribution is -2.19. The van der Waals surface area contributed by atoms with E-state index in [2.05, 4.69) is 15.5 Å². The molecule has 0 saturated heterocycles. The zero-order valence-electron chi connectivity index (χ0n) is 10.9. The van der Waals surface area contributed by atoms with Crippen LogP contribution in [0.2, 0.25) is 0 Å². The van der Waals surface area contributed by atoms with Gasteiger partial charge in [0, 0.05) is 0 Å². The lowest BCUT2D eigenvalue weighted by Gasteiger charge is -2.26. The Hall–Kier alpha value is -2.11. The van der Waals surface area contributed by atoms with E-state index in [0.717, 1.165) is 24.2 Å². The van der Waals surface area contributed by atoms with Crippen molar-refractivity contribution >= 4 is 5.69 Å².